The molecule has 3 heterocycles. The molecule has 0 radical (unpaired) electrons. The highest BCUT2D eigenvalue weighted by Crippen LogP contribution is 2.45. The van der Waals surface area contributed by atoms with Crippen molar-refractivity contribution in [3.8, 4) is 22.3 Å². The van der Waals surface area contributed by atoms with Crippen LogP contribution in [0.25, 0.3) is 38.8 Å². The fourth-order valence-electron chi connectivity index (χ4n) is 4.37. The molecule has 3 aromatic heterocycles. The van der Waals surface area contributed by atoms with Crippen molar-refractivity contribution in [3.05, 3.63) is 90.0 Å². The van der Waals surface area contributed by atoms with E-state index in [0.717, 1.165) is 27.8 Å². The molecule has 0 amide bonds. The van der Waals surface area contributed by atoms with Gasteiger partial charge >= 0.3 is 11.9 Å². The van der Waals surface area contributed by atoms with Crippen molar-refractivity contribution in [3.63, 3.8) is 0 Å². The fourth-order valence-corrected chi connectivity index (χ4v) is 4.37. The lowest BCUT2D eigenvalue weighted by molar-refractivity contribution is 0.0559. The van der Waals surface area contributed by atoms with Gasteiger partial charge in [-0.05, 0) is 23.3 Å². The molecule has 2 aromatic carbocycles. The van der Waals surface area contributed by atoms with Crippen molar-refractivity contribution in [2.24, 2.45) is 0 Å². The number of hydrogen-bond donors (Lipinski definition) is 0. The van der Waals surface area contributed by atoms with Crippen molar-refractivity contribution in [1.82, 2.24) is 4.40 Å². The van der Waals surface area contributed by atoms with Crippen LogP contribution < -0.4 is 0 Å². The van der Waals surface area contributed by atoms with Gasteiger partial charge in [-0.3, -0.25) is 0 Å². The molecule has 0 aliphatic carbocycles. The predicted octanol–water partition coefficient (Wildman–Crippen LogP) is 5.44. The highest BCUT2D eigenvalue weighted by molar-refractivity contribution is 6.20. The molecule has 0 saturated carbocycles. The molecular formula is C26H19NO4. The average molecular weight is 409 g/mol. The first-order valence-corrected chi connectivity index (χ1v) is 9.87. The number of aromatic nitrogens is 1. The molecule has 5 rings (SSSR count). The van der Waals surface area contributed by atoms with Gasteiger partial charge in [-0.25, -0.2) is 9.59 Å². The summed E-state index contributed by atoms with van der Waals surface area (Å²) < 4.78 is 12.1. The van der Waals surface area contributed by atoms with Crippen LogP contribution >= 0.6 is 0 Å². The van der Waals surface area contributed by atoms with E-state index in [1.54, 1.807) is 0 Å². The van der Waals surface area contributed by atoms with Crippen molar-refractivity contribution < 1.29 is 19.1 Å². The van der Waals surface area contributed by atoms with Crippen LogP contribution in [0.15, 0.2) is 78.9 Å². The van der Waals surface area contributed by atoms with E-state index in [1.165, 1.54) is 14.2 Å². The van der Waals surface area contributed by atoms with Crippen LogP contribution in [0.2, 0.25) is 0 Å². The third-order valence-electron chi connectivity index (χ3n) is 5.60. The molecule has 5 aromatic rings. The lowest BCUT2D eigenvalue weighted by atomic mass is 9.94. The number of rotatable bonds is 4. The molecule has 0 spiro atoms. The van der Waals surface area contributed by atoms with Gasteiger partial charge in [0, 0.05) is 11.1 Å². The molecular weight excluding hydrogens is 390 g/mol. The maximum absolute atomic E-state index is 13.0. The van der Waals surface area contributed by atoms with Crippen LogP contribution in [0, 0.1) is 0 Å². The standard InChI is InChI=1S/C26H19NO4/c1-30-25(28)22-19-15-9-14-18-20(16-10-5-3-6-11-16)21(17-12-7-4-8-13-17)24(27(18)19)23(22)26(29)31-2/h3-15H,1-2H3. The van der Waals surface area contributed by atoms with E-state index < -0.39 is 11.9 Å². The third-order valence-corrected chi connectivity index (χ3v) is 5.60. The minimum atomic E-state index is -0.576. The summed E-state index contributed by atoms with van der Waals surface area (Å²) in [5.74, 6) is -1.15. The molecule has 5 nitrogen and oxygen atoms in total. The second kappa shape index (κ2) is 7.29. The minimum absolute atomic E-state index is 0.214. The van der Waals surface area contributed by atoms with Gasteiger partial charge in [-0.15, -0.1) is 0 Å². The van der Waals surface area contributed by atoms with E-state index in [0.29, 0.717) is 11.0 Å². The highest BCUT2D eigenvalue weighted by atomic mass is 16.5. The van der Waals surface area contributed by atoms with Gasteiger partial charge in [0.25, 0.3) is 0 Å². The Morgan fingerprint density at radius 3 is 1.71 bits per heavy atom. The summed E-state index contributed by atoms with van der Waals surface area (Å²) in [6.45, 7) is 0. The number of esters is 2. The number of carbonyl (C=O) groups excluding carboxylic acids is 2. The van der Waals surface area contributed by atoms with Crippen LogP contribution in [-0.4, -0.2) is 30.6 Å². The topological polar surface area (TPSA) is 57.0 Å². The number of benzene rings is 2. The lowest BCUT2D eigenvalue weighted by Gasteiger charge is -2.09. The normalized spacial score (nSPS) is 11.2. The fraction of sp³-hybridized carbons (Fsp3) is 0.0769. The van der Waals surface area contributed by atoms with Crippen molar-refractivity contribution in [1.29, 1.82) is 0 Å². The van der Waals surface area contributed by atoms with Crippen molar-refractivity contribution in [2.75, 3.05) is 14.2 Å². The second-order valence-corrected chi connectivity index (χ2v) is 7.20. The summed E-state index contributed by atoms with van der Waals surface area (Å²) in [6.07, 6.45) is 0. The monoisotopic (exact) mass is 409 g/mol. The van der Waals surface area contributed by atoms with Crippen LogP contribution in [0.1, 0.15) is 20.7 Å². The third kappa shape index (κ3) is 2.70. The zero-order valence-corrected chi connectivity index (χ0v) is 17.1. The molecule has 0 fully saturated rings. The summed E-state index contributed by atoms with van der Waals surface area (Å²) in [5.41, 5.74) is 6.41. The van der Waals surface area contributed by atoms with Gasteiger partial charge < -0.3 is 13.9 Å². The van der Waals surface area contributed by atoms with Crippen LogP contribution in [0.3, 0.4) is 0 Å². The number of methoxy groups -OCH3 is 2. The number of carbonyl (C=O) groups is 2. The Morgan fingerprint density at radius 2 is 1.13 bits per heavy atom. The van der Waals surface area contributed by atoms with E-state index in [1.807, 2.05) is 83.3 Å². The summed E-state index contributed by atoms with van der Waals surface area (Å²) >= 11 is 0. The molecule has 0 bridgehead atoms. The summed E-state index contributed by atoms with van der Waals surface area (Å²) in [7, 11) is 2.63. The zero-order chi connectivity index (χ0) is 21.5. The Bertz CT molecular complexity index is 1420. The molecule has 0 atom stereocenters. The first-order valence-electron chi connectivity index (χ1n) is 9.87. The van der Waals surface area contributed by atoms with Crippen molar-refractivity contribution >= 4 is 28.5 Å². The lowest BCUT2D eigenvalue weighted by Crippen LogP contribution is -2.10. The van der Waals surface area contributed by atoms with E-state index in [4.69, 9.17) is 9.47 Å². The zero-order valence-electron chi connectivity index (χ0n) is 17.1. The summed E-state index contributed by atoms with van der Waals surface area (Å²) in [6, 6.07) is 25.6. The Labute approximate surface area is 178 Å². The van der Waals surface area contributed by atoms with E-state index in [2.05, 4.69) is 0 Å². The van der Waals surface area contributed by atoms with E-state index in [-0.39, 0.29) is 11.1 Å². The number of nitrogens with zero attached hydrogens (tertiary/aromatic N) is 1. The van der Waals surface area contributed by atoms with Gasteiger partial charge in [0.1, 0.15) is 11.1 Å². The molecule has 0 N–H and O–H groups in total. The number of ether oxygens (including phenoxy) is 2. The van der Waals surface area contributed by atoms with Crippen LogP contribution in [-0.2, 0) is 9.47 Å². The number of hydrogen-bond acceptors (Lipinski definition) is 4. The number of pyridine rings is 1. The average Bonchev–Trinajstić information content (AvgIpc) is 3.35. The molecule has 0 unspecified atom stereocenters. The van der Waals surface area contributed by atoms with E-state index in [9.17, 15) is 9.59 Å². The molecule has 31 heavy (non-hydrogen) atoms. The summed E-state index contributed by atoms with van der Waals surface area (Å²) in [4.78, 5) is 25.7. The van der Waals surface area contributed by atoms with Gasteiger partial charge in [0.15, 0.2) is 0 Å². The van der Waals surface area contributed by atoms with Gasteiger partial charge in [0.2, 0.25) is 0 Å². The first kappa shape index (κ1) is 18.9. The second-order valence-electron chi connectivity index (χ2n) is 7.20. The largest absolute Gasteiger partial charge is 0.465 e. The first-order chi connectivity index (χ1) is 15.2. The highest BCUT2D eigenvalue weighted by Gasteiger charge is 2.33. The van der Waals surface area contributed by atoms with Crippen LogP contribution in [0.5, 0.6) is 0 Å². The SMILES string of the molecule is COC(=O)c1c(C(=O)OC)c2c(-c3ccccc3)c(-c3ccccc3)c3cccc1n32. The van der Waals surface area contributed by atoms with Gasteiger partial charge in [-0.2, -0.15) is 0 Å². The predicted molar refractivity (Wildman–Crippen MR) is 120 cm³/mol. The Hall–Kier alpha value is -4.12. The molecule has 5 heteroatoms. The van der Waals surface area contributed by atoms with Crippen molar-refractivity contribution in [2.45, 2.75) is 0 Å². The van der Waals surface area contributed by atoms with Gasteiger partial charge in [-0.1, -0.05) is 66.7 Å². The maximum Gasteiger partial charge on any atom is 0.340 e. The molecule has 152 valence electrons. The molecule has 0 aliphatic rings. The Balaban J connectivity index is 2.06. The molecule has 0 saturated heterocycles. The Morgan fingerprint density at radius 1 is 0.613 bits per heavy atom. The van der Waals surface area contributed by atoms with Crippen LogP contribution in [0.4, 0.5) is 0 Å². The minimum Gasteiger partial charge on any atom is -0.465 e. The quantitative estimate of drug-likeness (QED) is 0.371. The van der Waals surface area contributed by atoms with Gasteiger partial charge in [0.05, 0.1) is 30.8 Å². The molecule has 0 aliphatic heterocycles. The Kier molecular flexibility index (Phi) is 4.44. The summed E-state index contributed by atoms with van der Waals surface area (Å²) in [5, 5.41) is 0. The van der Waals surface area contributed by atoms with E-state index >= 15 is 0 Å². The smallest absolute Gasteiger partial charge is 0.340 e. The maximum atomic E-state index is 13.0.